The molecule has 1 aromatic heterocycles. The molecular formula is C18H14BBr2F4N3O. The molecule has 0 spiro atoms. The van der Waals surface area contributed by atoms with Crippen LogP contribution in [-0.4, -0.2) is 23.1 Å². The Balaban J connectivity index is 0.000000369. The van der Waals surface area contributed by atoms with Crippen LogP contribution in [0.3, 0.4) is 0 Å². The first-order valence-corrected chi connectivity index (χ1v) is 10.3. The predicted molar refractivity (Wildman–Crippen MR) is 106 cm³/mol. The van der Waals surface area contributed by atoms with Gasteiger partial charge in [0.05, 0.1) is 8.95 Å². The van der Waals surface area contributed by atoms with Crippen molar-refractivity contribution in [3.8, 4) is 5.69 Å². The molecule has 0 radical (unpaired) electrons. The zero-order valence-electron chi connectivity index (χ0n) is 14.8. The number of hydrogen-bond donors (Lipinski definition) is 0. The molecule has 152 valence electrons. The zero-order valence-corrected chi connectivity index (χ0v) is 18.0. The Morgan fingerprint density at radius 2 is 1.69 bits per heavy atom. The van der Waals surface area contributed by atoms with Gasteiger partial charge in [-0.1, -0.05) is 35.0 Å². The van der Waals surface area contributed by atoms with Crippen LogP contribution in [-0.2, 0) is 17.8 Å². The summed E-state index contributed by atoms with van der Waals surface area (Å²) in [6.07, 6.45) is 3.25. The van der Waals surface area contributed by atoms with Crippen LogP contribution in [0.25, 0.3) is 5.69 Å². The van der Waals surface area contributed by atoms with E-state index in [0.29, 0.717) is 6.61 Å². The van der Waals surface area contributed by atoms with Crippen molar-refractivity contribution in [2.75, 3.05) is 0 Å². The van der Waals surface area contributed by atoms with Crippen molar-refractivity contribution in [1.82, 2.24) is 9.78 Å². The van der Waals surface area contributed by atoms with Crippen LogP contribution in [0.1, 0.15) is 23.0 Å². The van der Waals surface area contributed by atoms with Crippen molar-refractivity contribution in [2.45, 2.75) is 25.2 Å². The number of halogens is 6. The van der Waals surface area contributed by atoms with Gasteiger partial charge < -0.3 is 22.0 Å². The lowest BCUT2D eigenvalue weighted by Crippen LogP contribution is -2.51. The molecule has 0 bridgehead atoms. The highest BCUT2D eigenvalue weighted by atomic mass is 79.9. The number of hydrogen-bond acceptors (Lipinski definition) is 2. The summed E-state index contributed by atoms with van der Waals surface area (Å²) in [6, 6.07) is 14.9. The minimum absolute atomic E-state index is 0.195. The zero-order chi connectivity index (χ0) is 20.8. The molecule has 2 atom stereocenters. The van der Waals surface area contributed by atoms with Crippen LogP contribution in [0.2, 0.25) is 0 Å². The molecule has 2 aliphatic rings. The summed E-state index contributed by atoms with van der Waals surface area (Å²) in [5.74, 6) is 0.954. The highest BCUT2D eigenvalue weighted by Crippen LogP contribution is 2.36. The van der Waals surface area contributed by atoms with E-state index in [-0.39, 0.29) is 12.1 Å². The standard InChI is InChI=1S/C18H14Br2N3O.BF4/c19-13-6-3-7-14(20)18(13)23-10-22-16(21-23)9-24-15-8-11-4-1-2-5-12(11)17(15)22;2-1(3,4)5/h1-7,10,15,17H,8-9H2;/q+1;-1. The van der Waals surface area contributed by atoms with Gasteiger partial charge in [0.1, 0.15) is 18.8 Å². The van der Waals surface area contributed by atoms with E-state index in [4.69, 9.17) is 9.84 Å². The van der Waals surface area contributed by atoms with Crippen LogP contribution in [0.4, 0.5) is 17.3 Å². The fraction of sp³-hybridized carbons (Fsp3) is 0.222. The monoisotopic (exact) mass is 533 g/mol. The minimum atomic E-state index is -6.00. The first-order chi connectivity index (χ1) is 13.7. The van der Waals surface area contributed by atoms with E-state index in [1.165, 1.54) is 11.1 Å². The first kappa shape index (κ1) is 20.6. The first-order valence-electron chi connectivity index (χ1n) is 8.73. The summed E-state index contributed by atoms with van der Waals surface area (Å²) in [6.45, 7) is 0.546. The third kappa shape index (κ3) is 4.27. The molecule has 2 aromatic carbocycles. The van der Waals surface area contributed by atoms with Crippen LogP contribution >= 0.6 is 31.9 Å². The van der Waals surface area contributed by atoms with E-state index >= 15 is 0 Å². The molecule has 29 heavy (non-hydrogen) atoms. The van der Waals surface area contributed by atoms with Gasteiger partial charge in [-0.2, -0.15) is 0 Å². The van der Waals surface area contributed by atoms with Crippen molar-refractivity contribution < 1.29 is 26.6 Å². The highest BCUT2D eigenvalue weighted by Gasteiger charge is 2.43. The molecule has 2 unspecified atom stereocenters. The number of ether oxygens (including phenoxy) is 1. The maximum absolute atomic E-state index is 9.75. The normalized spacial score (nSPS) is 19.7. The van der Waals surface area contributed by atoms with E-state index in [2.05, 4.69) is 67.0 Å². The molecule has 1 aliphatic carbocycles. The van der Waals surface area contributed by atoms with E-state index in [0.717, 1.165) is 26.9 Å². The third-order valence-corrected chi connectivity index (χ3v) is 6.07. The van der Waals surface area contributed by atoms with Gasteiger partial charge in [-0.05, 0) is 55.1 Å². The Labute approximate surface area is 180 Å². The average molecular weight is 535 g/mol. The molecule has 11 heteroatoms. The van der Waals surface area contributed by atoms with Crippen molar-refractivity contribution >= 4 is 39.1 Å². The summed E-state index contributed by atoms with van der Waals surface area (Å²) >= 11 is 7.26. The Bertz CT molecular complexity index is 1030. The Morgan fingerprint density at radius 1 is 1.03 bits per heavy atom. The lowest BCUT2D eigenvalue weighted by atomic mass is 10.1. The smallest absolute Gasteiger partial charge is 0.418 e. The molecule has 2 heterocycles. The van der Waals surface area contributed by atoms with Crippen LogP contribution < -0.4 is 4.57 Å². The third-order valence-electron chi connectivity index (χ3n) is 4.79. The van der Waals surface area contributed by atoms with Crippen molar-refractivity contribution in [1.29, 1.82) is 0 Å². The van der Waals surface area contributed by atoms with Crippen LogP contribution in [0, 0.1) is 0 Å². The number of para-hydroxylation sites is 1. The van der Waals surface area contributed by atoms with Gasteiger partial charge in [0.2, 0.25) is 6.33 Å². The second kappa shape index (κ2) is 7.84. The highest BCUT2D eigenvalue weighted by molar-refractivity contribution is 9.11. The Kier molecular flexibility index (Phi) is 5.56. The van der Waals surface area contributed by atoms with Gasteiger partial charge in [-0.25, -0.2) is 4.57 Å². The number of rotatable bonds is 1. The van der Waals surface area contributed by atoms with E-state index < -0.39 is 7.25 Å². The lowest BCUT2D eigenvalue weighted by molar-refractivity contribution is -0.739. The number of aromatic nitrogens is 3. The molecule has 4 nitrogen and oxygen atoms in total. The topological polar surface area (TPSA) is 30.9 Å². The SMILES string of the molecule is Brc1cccc(Br)c1-n1c[n+]2c(n1)COC1Cc3ccccc3C12.F[B-](F)(F)F. The van der Waals surface area contributed by atoms with Crippen LogP contribution in [0.5, 0.6) is 0 Å². The fourth-order valence-corrected chi connectivity index (χ4v) is 5.10. The summed E-state index contributed by atoms with van der Waals surface area (Å²) < 4.78 is 51.3. The number of benzene rings is 2. The maximum atomic E-state index is 9.75. The lowest BCUT2D eigenvalue weighted by Gasteiger charge is -2.23. The molecule has 0 saturated carbocycles. The summed E-state index contributed by atoms with van der Waals surface area (Å²) in [7, 11) is -6.00. The Morgan fingerprint density at radius 3 is 2.38 bits per heavy atom. The predicted octanol–water partition coefficient (Wildman–Crippen LogP) is 5.03. The molecule has 0 amide bonds. The van der Waals surface area contributed by atoms with Gasteiger partial charge in [0, 0.05) is 11.5 Å². The molecule has 1 aliphatic heterocycles. The summed E-state index contributed by atoms with van der Waals surface area (Å²) in [5.41, 5.74) is 3.73. The number of nitrogens with zero attached hydrogens (tertiary/aromatic N) is 3. The summed E-state index contributed by atoms with van der Waals surface area (Å²) in [5, 5.41) is 4.77. The van der Waals surface area contributed by atoms with Gasteiger partial charge >= 0.3 is 13.1 Å². The van der Waals surface area contributed by atoms with Crippen molar-refractivity contribution in [3.05, 3.63) is 74.7 Å². The van der Waals surface area contributed by atoms with Gasteiger partial charge in [-0.3, -0.25) is 0 Å². The number of fused-ring (bicyclic) bond motifs is 5. The quantitative estimate of drug-likeness (QED) is 0.249. The molecule has 0 N–H and O–H groups in total. The average Bonchev–Trinajstić information content (AvgIpc) is 3.20. The molecular weight excluding hydrogens is 521 g/mol. The van der Waals surface area contributed by atoms with E-state index in [9.17, 15) is 17.3 Å². The summed E-state index contributed by atoms with van der Waals surface area (Å²) in [4.78, 5) is 0. The van der Waals surface area contributed by atoms with Gasteiger partial charge in [0.15, 0.2) is 5.69 Å². The molecule has 0 fully saturated rings. The molecule has 0 saturated heterocycles. The van der Waals surface area contributed by atoms with E-state index in [1.807, 2.05) is 22.9 Å². The molecule has 3 aromatic rings. The van der Waals surface area contributed by atoms with Crippen molar-refractivity contribution in [3.63, 3.8) is 0 Å². The van der Waals surface area contributed by atoms with E-state index in [1.54, 1.807) is 0 Å². The van der Waals surface area contributed by atoms with Crippen molar-refractivity contribution in [2.24, 2.45) is 0 Å². The van der Waals surface area contributed by atoms with Crippen LogP contribution in [0.15, 0.2) is 57.7 Å². The maximum Gasteiger partial charge on any atom is 0.673 e. The molecule has 5 rings (SSSR count). The Hall–Kier alpha value is -1.72. The minimum Gasteiger partial charge on any atom is -0.418 e. The largest absolute Gasteiger partial charge is 0.673 e. The van der Waals surface area contributed by atoms with Gasteiger partial charge in [0.25, 0.3) is 0 Å². The van der Waals surface area contributed by atoms with Gasteiger partial charge in [-0.15, -0.1) is 0 Å². The second-order valence-corrected chi connectivity index (χ2v) is 8.35. The fourth-order valence-electron chi connectivity index (χ4n) is 3.74. The second-order valence-electron chi connectivity index (χ2n) is 6.65.